The quantitative estimate of drug-likeness (QED) is 0.409. The summed E-state index contributed by atoms with van der Waals surface area (Å²) < 4.78 is 51.5. The maximum absolute atomic E-state index is 8.58. The summed E-state index contributed by atoms with van der Waals surface area (Å²) in [5, 5.41) is 0. The average Bonchev–Trinajstić information content (AvgIpc) is 1.25. The van der Waals surface area contributed by atoms with Crippen LogP contribution in [-0.2, 0) is 24.3 Å². The molecule has 0 atom stereocenters. The van der Waals surface area contributed by atoms with Crippen molar-refractivity contribution in [2.75, 3.05) is 0 Å². The minimum atomic E-state index is -4.08. The van der Waals surface area contributed by atoms with Crippen molar-refractivity contribution in [1.82, 2.24) is 0 Å². The third-order valence-electron chi connectivity index (χ3n) is 0. The first-order valence-electron chi connectivity index (χ1n) is 1.22. The first-order chi connectivity index (χ1) is 3.46. The zero-order valence-electron chi connectivity index (χ0n) is 5.78. The second-order valence-corrected chi connectivity index (χ2v) is 2.60. The van der Waals surface area contributed by atoms with Gasteiger partial charge in [-0.05, 0) is 0 Å². The van der Waals surface area contributed by atoms with Gasteiger partial charge in [0.25, 0.3) is 0 Å². The molecule has 0 heterocycles. The van der Waals surface area contributed by atoms with Crippen molar-refractivity contribution >= 4 is 29.9 Å². The van der Waals surface area contributed by atoms with E-state index < -0.39 is 29.9 Å². The van der Waals surface area contributed by atoms with E-state index in [1.54, 1.807) is 0 Å². The molecule has 0 aliphatic heterocycles. The van der Waals surface area contributed by atoms with Gasteiger partial charge in [0.05, 0.1) is 0 Å². The summed E-state index contributed by atoms with van der Waals surface area (Å²) in [6, 6.07) is 0. The molecule has 55 valence electrons. The molecule has 0 amide bonds. The predicted octanol–water partition coefficient (Wildman–Crippen LogP) is -11.7. The Hall–Kier alpha value is 1.59. The Bertz CT molecular complexity index is 76.6. The van der Waals surface area contributed by atoms with Crippen LogP contribution in [0.15, 0.2) is 0 Å². The summed E-state index contributed by atoms with van der Waals surface area (Å²) in [6.45, 7) is 0. The van der Waals surface area contributed by atoms with E-state index in [0.717, 1.165) is 0 Å². The van der Waals surface area contributed by atoms with E-state index >= 15 is 0 Å². The molecule has 0 aromatic carbocycles. The standard InChI is InChI=1S/Co.2GeO3.2Li/c;2*2-1(3)4;;/q+2;2*-2;2*+1. The Balaban J connectivity index is -0.0000000171. The molecule has 6 nitrogen and oxygen atoms in total. The molecule has 11 heteroatoms. The van der Waals surface area contributed by atoms with Crippen molar-refractivity contribution < 1.29 is 78.6 Å². The Labute approximate surface area is 107 Å². The van der Waals surface area contributed by atoms with E-state index in [1.165, 1.54) is 0 Å². The van der Waals surface area contributed by atoms with Crippen LogP contribution >= 0.6 is 0 Å². The predicted molar refractivity (Wildman–Crippen MR) is 12.9 cm³/mol. The molecule has 0 aliphatic rings. The fourth-order valence-corrected chi connectivity index (χ4v) is 0. The van der Waals surface area contributed by atoms with E-state index in [-0.39, 0.29) is 54.5 Å². The van der Waals surface area contributed by atoms with Gasteiger partial charge in [0, 0.05) is 0 Å². The Morgan fingerprint density at radius 3 is 0.727 bits per heavy atom. The normalized spacial score (nSPS) is 4.36. The van der Waals surface area contributed by atoms with Crippen LogP contribution in [0.4, 0.5) is 0 Å². The molecule has 0 aliphatic carbocycles. The zero-order valence-corrected chi connectivity index (χ0v) is 11.0. The molecule has 0 bridgehead atoms. The van der Waals surface area contributed by atoms with Crippen LogP contribution in [0.1, 0.15) is 0 Å². The molecule has 0 saturated carbocycles. The van der Waals surface area contributed by atoms with Gasteiger partial charge in [-0.1, -0.05) is 0 Å². The summed E-state index contributed by atoms with van der Waals surface area (Å²) in [6.07, 6.45) is 0. The second kappa shape index (κ2) is 22.6. The molecular formula is CoGe2Li2O6. The van der Waals surface area contributed by atoms with Crippen molar-refractivity contribution in [2.45, 2.75) is 0 Å². The van der Waals surface area contributed by atoms with Gasteiger partial charge in [-0.25, -0.2) is 0 Å². The number of rotatable bonds is 0. The average molecular weight is 314 g/mol. The van der Waals surface area contributed by atoms with Crippen LogP contribution in [0, 0.1) is 0 Å². The molecule has 0 N–H and O–H groups in total. The first-order valence-corrected chi connectivity index (χ1v) is 6.36. The van der Waals surface area contributed by atoms with Gasteiger partial charge in [0.2, 0.25) is 0 Å². The fourth-order valence-electron chi connectivity index (χ4n) is 0. The first kappa shape index (κ1) is 29.4. The Kier molecular flexibility index (Phi) is 60.2. The summed E-state index contributed by atoms with van der Waals surface area (Å²) in [4.78, 5) is 0. The third kappa shape index (κ3) is 423. The van der Waals surface area contributed by atoms with Gasteiger partial charge in [0.1, 0.15) is 0 Å². The summed E-state index contributed by atoms with van der Waals surface area (Å²) in [5.41, 5.74) is 0. The van der Waals surface area contributed by atoms with Gasteiger partial charge in [-0.3, -0.25) is 0 Å². The minimum absolute atomic E-state index is 0. The molecule has 0 saturated heterocycles. The monoisotopic (exact) mass is 317 g/mol. The summed E-state index contributed by atoms with van der Waals surface area (Å²) in [7, 11) is 0. The second-order valence-electron chi connectivity index (χ2n) is 0.500. The van der Waals surface area contributed by atoms with Crippen LogP contribution < -0.4 is 54.3 Å². The SMILES string of the molecule is [Co+2].[Li+].[Li+].[O]=[Ge]([O-])[O-].[O]=[Ge]([O-])[O-]. The van der Waals surface area contributed by atoms with Crippen LogP contribution in [0.25, 0.3) is 0 Å². The van der Waals surface area contributed by atoms with Crippen molar-refractivity contribution in [3.05, 3.63) is 0 Å². The van der Waals surface area contributed by atoms with Crippen LogP contribution in [0.3, 0.4) is 0 Å². The van der Waals surface area contributed by atoms with E-state index in [9.17, 15) is 0 Å². The molecule has 11 heavy (non-hydrogen) atoms. The number of hydrogen-bond acceptors (Lipinski definition) is 6. The van der Waals surface area contributed by atoms with Gasteiger partial charge in [-0.15, -0.1) is 0 Å². The molecular weight excluding hydrogens is 314 g/mol. The third-order valence-corrected chi connectivity index (χ3v) is 0. The molecule has 0 spiro atoms. The summed E-state index contributed by atoms with van der Waals surface area (Å²) in [5.74, 6) is 0. The molecule has 1 radical (unpaired) electrons. The van der Waals surface area contributed by atoms with E-state index in [2.05, 4.69) is 0 Å². The zero-order chi connectivity index (χ0) is 7.15. The molecule has 0 aromatic rings. The van der Waals surface area contributed by atoms with E-state index in [1.807, 2.05) is 0 Å². The van der Waals surface area contributed by atoms with Crippen molar-refractivity contribution in [1.29, 1.82) is 0 Å². The van der Waals surface area contributed by atoms with Gasteiger partial charge >= 0.3 is 109 Å². The van der Waals surface area contributed by atoms with Crippen LogP contribution in [0.2, 0.25) is 0 Å². The van der Waals surface area contributed by atoms with Crippen LogP contribution in [0.5, 0.6) is 0 Å². The fraction of sp³-hybridized carbons (Fsp3) is 0. The van der Waals surface area contributed by atoms with E-state index in [0.29, 0.717) is 0 Å². The van der Waals surface area contributed by atoms with Crippen molar-refractivity contribution in [3.63, 3.8) is 0 Å². The molecule has 0 rings (SSSR count). The summed E-state index contributed by atoms with van der Waals surface area (Å²) >= 11 is -8.17. The number of hydrogen-bond donors (Lipinski definition) is 0. The molecule has 0 unspecified atom stereocenters. The topological polar surface area (TPSA) is 126 Å². The Morgan fingerprint density at radius 2 is 0.727 bits per heavy atom. The van der Waals surface area contributed by atoms with Gasteiger partial charge in [-0.2, -0.15) is 0 Å². The molecule has 0 aromatic heterocycles. The maximum atomic E-state index is 8.58. The van der Waals surface area contributed by atoms with Gasteiger partial charge < -0.3 is 0 Å². The van der Waals surface area contributed by atoms with Gasteiger partial charge in [0.15, 0.2) is 0 Å². The molecule has 0 fully saturated rings. The van der Waals surface area contributed by atoms with Crippen molar-refractivity contribution in [3.8, 4) is 0 Å². The Morgan fingerprint density at radius 1 is 0.727 bits per heavy atom. The van der Waals surface area contributed by atoms with Crippen LogP contribution in [-0.4, -0.2) is 29.9 Å². The van der Waals surface area contributed by atoms with E-state index in [4.69, 9.17) is 24.1 Å². The van der Waals surface area contributed by atoms with Crippen molar-refractivity contribution in [2.24, 2.45) is 0 Å².